The predicted octanol–water partition coefficient (Wildman–Crippen LogP) is 1.24. The minimum absolute atomic E-state index is 0.201. The lowest BCUT2D eigenvalue weighted by Gasteiger charge is -2.06. The zero-order valence-corrected chi connectivity index (χ0v) is 11.4. The molecule has 0 atom stereocenters. The van der Waals surface area contributed by atoms with E-state index in [1.807, 2.05) is 37.3 Å². The number of nitrogens with zero attached hydrogens (tertiary/aromatic N) is 2. The normalized spacial score (nSPS) is 10.2. The van der Waals surface area contributed by atoms with Crippen LogP contribution in [0.15, 0.2) is 47.3 Å². The minimum atomic E-state index is -0.261. The van der Waals surface area contributed by atoms with Crippen LogP contribution in [0.3, 0.4) is 0 Å². The van der Waals surface area contributed by atoms with E-state index in [9.17, 15) is 9.59 Å². The molecule has 0 spiro atoms. The van der Waals surface area contributed by atoms with Crippen LogP contribution in [0, 0.1) is 0 Å². The number of carbonyl (C=O) groups is 1. The van der Waals surface area contributed by atoms with E-state index in [1.165, 1.54) is 22.4 Å². The van der Waals surface area contributed by atoms with Gasteiger partial charge in [0.15, 0.2) is 0 Å². The highest BCUT2D eigenvalue weighted by Gasteiger charge is 2.08. The Morgan fingerprint density at radius 2 is 1.95 bits per heavy atom. The Morgan fingerprint density at radius 3 is 2.65 bits per heavy atom. The van der Waals surface area contributed by atoms with E-state index in [0.29, 0.717) is 13.1 Å². The third-order valence-corrected chi connectivity index (χ3v) is 2.94. The molecule has 104 valence electrons. The van der Waals surface area contributed by atoms with Crippen molar-refractivity contribution in [3.8, 4) is 0 Å². The predicted molar refractivity (Wildman–Crippen MR) is 76.7 cm³/mol. The average Bonchev–Trinajstić information content (AvgIpc) is 2.48. The van der Waals surface area contributed by atoms with Crippen LogP contribution in [0.5, 0.6) is 0 Å². The van der Waals surface area contributed by atoms with Gasteiger partial charge in [-0.15, -0.1) is 0 Å². The van der Waals surface area contributed by atoms with E-state index in [1.54, 1.807) is 0 Å². The van der Waals surface area contributed by atoms with Gasteiger partial charge in [0.25, 0.3) is 11.5 Å². The van der Waals surface area contributed by atoms with E-state index < -0.39 is 0 Å². The van der Waals surface area contributed by atoms with Crippen molar-refractivity contribution in [1.82, 2.24) is 15.1 Å². The summed E-state index contributed by atoms with van der Waals surface area (Å²) in [6.45, 7) is 2.80. The van der Waals surface area contributed by atoms with Crippen molar-refractivity contribution in [2.45, 2.75) is 19.9 Å². The number of benzene rings is 1. The first-order valence-electron chi connectivity index (χ1n) is 6.61. The average molecular weight is 271 g/mol. The van der Waals surface area contributed by atoms with Gasteiger partial charge in [0.2, 0.25) is 0 Å². The fourth-order valence-corrected chi connectivity index (χ4v) is 1.85. The van der Waals surface area contributed by atoms with Gasteiger partial charge in [0, 0.05) is 19.2 Å². The molecule has 0 aliphatic carbocycles. The second-order valence-electron chi connectivity index (χ2n) is 4.36. The number of aryl methyl sites for hydroxylation is 1. The van der Waals surface area contributed by atoms with Gasteiger partial charge in [-0.2, -0.15) is 5.10 Å². The Bertz CT molecular complexity index is 635. The van der Waals surface area contributed by atoms with Crippen molar-refractivity contribution in [2.75, 3.05) is 6.54 Å². The van der Waals surface area contributed by atoms with Gasteiger partial charge in [-0.3, -0.25) is 9.59 Å². The van der Waals surface area contributed by atoms with Crippen LogP contribution in [-0.4, -0.2) is 22.2 Å². The van der Waals surface area contributed by atoms with Crippen LogP contribution < -0.4 is 10.9 Å². The molecule has 0 aliphatic heterocycles. The molecule has 1 N–H and O–H groups in total. The molecule has 1 heterocycles. The molecule has 1 aromatic carbocycles. The standard InChI is InChI=1S/C15H17N3O2/c1-2-18-14(19)9-8-13(17-18)15(20)16-11-10-12-6-4-3-5-7-12/h3-9H,2,10-11H2,1H3,(H,16,20). The van der Waals surface area contributed by atoms with E-state index >= 15 is 0 Å². The highest BCUT2D eigenvalue weighted by atomic mass is 16.2. The Hall–Kier alpha value is -2.43. The number of amides is 1. The molecule has 0 aliphatic rings. The van der Waals surface area contributed by atoms with Crippen molar-refractivity contribution in [2.24, 2.45) is 0 Å². The molecule has 0 saturated heterocycles. The summed E-state index contributed by atoms with van der Waals surface area (Å²) in [7, 11) is 0. The van der Waals surface area contributed by atoms with E-state index in [4.69, 9.17) is 0 Å². The minimum Gasteiger partial charge on any atom is -0.350 e. The lowest BCUT2D eigenvalue weighted by molar-refractivity contribution is 0.0946. The third kappa shape index (κ3) is 3.54. The summed E-state index contributed by atoms with van der Waals surface area (Å²) in [5.74, 6) is -0.261. The zero-order chi connectivity index (χ0) is 14.4. The maximum absolute atomic E-state index is 11.9. The molecule has 0 unspecified atom stereocenters. The van der Waals surface area contributed by atoms with Gasteiger partial charge in [-0.05, 0) is 25.0 Å². The molecule has 1 aromatic heterocycles. The van der Waals surface area contributed by atoms with Crippen LogP contribution in [0.4, 0.5) is 0 Å². The molecule has 0 bridgehead atoms. The topological polar surface area (TPSA) is 64.0 Å². The SMILES string of the molecule is CCn1nc(C(=O)NCCc2ccccc2)ccc1=O. The Morgan fingerprint density at radius 1 is 1.20 bits per heavy atom. The second-order valence-corrected chi connectivity index (χ2v) is 4.36. The fraction of sp³-hybridized carbons (Fsp3) is 0.267. The molecule has 2 aromatic rings. The molecule has 0 radical (unpaired) electrons. The van der Waals surface area contributed by atoms with E-state index in [0.717, 1.165) is 6.42 Å². The first-order valence-corrected chi connectivity index (χ1v) is 6.61. The molecular weight excluding hydrogens is 254 g/mol. The summed E-state index contributed by atoms with van der Waals surface area (Å²) in [5.41, 5.74) is 1.23. The quantitative estimate of drug-likeness (QED) is 0.889. The zero-order valence-electron chi connectivity index (χ0n) is 11.4. The van der Waals surface area contributed by atoms with Crippen molar-refractivity contribution < 1.29 is 4.79 Å². The van der Waals surface area contributed by atoms with E-state index in [2.05, 4.69) is 10.4 Å². The first kappa shape index (κ1) is 14.0. The van der Waals surface area contributed by atoms with Crippen molar-refractivity contribution >= 4 is 5.91 Å². The summed E-state index contributed by atoms with van der Waals surface area (Å²) in [5, 5.41) is 6.81. The van der Waals surface area contributed by atoms with Crippen LogP contribution in [-0.2, 0) is 13.0 Å². The number of hydrogen-bond donors (Lipinski definition) is 1. The lowest BCUT2D eigenvalue weighted by atomic mass is 10.1. The number of aromatic nitrogens is 2. The van der Waals surface area contributed by atoms with Gasteiger partial charge in [-0.1, -0.05) is 30.3 Å². The molecule has 1 amide bonds. The van der Waals surface area contributed by atoms with Crippen molar-refractivity contribution in [3.05, 3.63) is 64.1 Å². The van der Waals surface area contributed by atoms with Gasteiger partial charge < -0.3 is 5.32 Å². The number of carbonyl (C=O) groups excluding carboxylic acids is 1. The first-order chi connectivity index (χ1) is 9.70. The lowest BCUT2D eigenvalue weighted by Crippen LogP contribution is -2.30. The monoisotopic (exact) mass is 271 g/mol. The van der Waals surface area contributed by atoms with Crippen molar-refractivity contribution in [3.63, 3.8) is 0 Å². The van der Waals surface area contributed by atoms with Gasteiger partial charge >= 0.3 is 0 Å². The summed E-state index contributed by atoms with van der Waals surface area (Å²) in [4.78, 5) is 23.3. The Balaban J connectivity index is 1.93. The van der Waals surface area contributed by atoms with Gasteiger partial charge in [0.05, 0.1) is 0 Å². The van der Waals surface area contributed by atoms with Crippen LogP contribution in [0.2, 0.25) is 0 Å². The van der Waals surface area contributed by atoms with E-state index in [-0.39, 0.29) is 17.2 Å². The van der Waals surface area contributed by atoms with Crippen LogP contribution in [0.1, 0.15) is 23.0 Å². The van der Waals surface area contributed by atoms with Crippen LogP contribution >= 0.6 is 0 Å². The second kappa shape index (κ2) is 6.65. The smallest absolute Gasteiger partial charge is 0.271 e. The third-order valence-electron chi connectivity index (χ3n) is 2.94. The molecule has 5 nitrogen and oxygen atoms in total. The molecule has 5 heteroatoms. The molecule has 20 heavy (non-hydrogen) atoms. The molecule has 0 saturated carbocycles. The number of nitrogens with one attached hydrogen (secondary N) is 1. The molecule has 0 fully saturated rings. The maximum atomic E-state index is 11.9. The van der Waals surface area contributed by atoms with Crippen LogP contribution in [0.25, 0.3) is 0 Å². The number of rotatable bonds is 5. The summed E-state index contributed by atoms with van der Waals surface area (Å²) < 4.78 is 1.27. The Labute approximate surface area is 117 Å². The summed E-state index contributed by atoms with van der Waals surface area (Å²) >= 11 is 0. The highest BCUT2D eigenvalue weighted by Crippen LogP contribution is 1.98. The maximum Gasteiger partial charge on any atom is 0.271 e. The summed E-state index contributed by atoms with van der Waals surface area (Å²) in [6.07, 6.45) is 0.764. The van der Waals surface area contributed by atoms with Gasteiger partial charge in [-0.25, -0.2) is 4.68 Å². The number of hydrogen-bond acceptors (Lipinski definition) is 3. The molecular formula is C15H17N3O2. The van der Waals surface area contributed by atoms with Gasteiger partial charge in [0.1, 0.15) is 5.69 Å². The Kier molecular flexibility index (Phi) is 4.65. The fourth-order valence-electron chi connectivity index (χ4n) is 1.85. The van der Waals surface area contributed by atoms with Crippen molar-refractivity contribution in [1.29, 1.82) is 0 Å². The summed E-state index contributed by atoms with van der Waals surface area (Å²) in [6, 6.07) is 12.7. The molecule has 2 rings (SSSR count). The highest BCUT2D eigenvalue weighted by molar-refractivity contribution is 5.91. The largest absolute Gasteiger partial charge is 0.350 e.